The van der Waals surface area contributed by atoms with E-state index in [0.717, 1.165) is 23.7 Å². The van der Waals surface area contributed by atoms with Crippen molar-refractivity contribution in [3.8, 4) is 17.2 Å². The van der Waals surface area contributed by atoms with E-state index in [0.29, 0.717) is 35.3 Å². The zero-order chi connectivity index (χ0) is 23.2. The van der Waals surface area contributed by atoms with Crippen LogP contribution in [0.2, 0.25) is 0 Å². The number of imidazole rings is 1. The Hall–Kier alpha value is -3.90. The maximum atomic E-state index is 13.5. The van der Waals surface area contributed by atoms with E-state index < -0.39 is 17.8 Å². The Bertz CT molecular complexity index is 1270. The van der Waals surface area contributed by atoms with Gasteiger partial charge in [0.15, 0.2) is 11.6 Å². The van der Waals surface area contributed by atoms with E-state index in [9.17, 15) is 22.0 Å². The van der Waals surface area contributed by atoms with E-state index in [1.54, 1.807) is 29.5 Å². The molecule has 0 unspecified atom stereocenters. The number of nitrogens with one attached hydrogen (secondary N) is 1. The van der Waals surface area contributed by atoms with Gasteiger partial charge in [0.05, 0.1) is 12.0 Å². The maximum absolute atomic E-state index is 13.5. The number of aromatic nitrogens is 7. The van der Waals surface area contributed by atoms with Gasteiger partial charge in [-0.1, -0.05) is 10.7 Å². The van der Waals surface area contributed by atoms with Gasteiger partial charge < -0.3 is 9.13 Å². The zero-order valence-electron chi connectivity index (χ0n) is 16.8. The lowest BCUT2D eigenvalue weighted by Crippen LogP contribution is -2.41. The van der Waals surface area contributed by atoms with Crippen molar-refractivity contribution in [2.75, 3.05) is 5.43 Å². The number of pyridine rings is 2. The molecule has 8 nitrogen and oxygen atoms in total. The van der Waals surface area contributed by atoms with E-state index in [1.807, 2.05) is 16.7 Å². The summed E-state index contributed by atoms with van der Waals surface area (Å²) in [5.74, 6) is -3.84. The molecule has 4 aromatic rings. The molecule has 0 aromatic carbocycles. The molecule has 170 valence electrons. The molecular formula is C20H16F5N8+. The normalized spacial score (nSPS) is 14.5. The Labute approximate surface area is 183 Å². The van der Waals surface area contributed by atoms with Crippen molar-refractivity contribution in [3.63, 3.8) is 0 Å². The maximum Gasteiger partial charge on any atom is 0.459 e. The van der Waals surface area contributed by atoms with Gasteiger partial charge in [-0.05, 0) is 25.0 Å². The Morgan fingerprint density at radius 3 is 2.45 bits per heavy atom. The van der Waals surface area contributed by atoms with Gasteiger partial charge in [0.25, 0.3) is 0 Å². The lowest BCUT2D eigenvalue weighted by molar-refractivity contribution is -0.643. The first-order valence-corrected chi connectivity index (χ1v) is 9.87. The van der Waals surface area contributed by atoms with Crippen LogP contribution in [0.5, 0.6) is 0 Å². The fraction of sp³-hybridized carbons (Fsp3) is 0.250. The lowest BCUT2D eigenvalue weighted by atomic mass is 10.2. The standard InChI is InChI=1S/C20H16F5N8/c21-19(22,20(23,24)25)16-10-31(11-26-16)13-6-8-32(9-7-13)30-17-3-1-2-15(28-17)18-29-27-12-33(18)14-4-5-14/h1-3,6-12,14H,4-5H2,(H,28,30)/q+1. The summed E-state index contributed by atoms with van der Waals surface area (Å²) >= 11 is 0. The molecule has 0 amide bonds. The summed E-state index contributed by atoms with van der Waals surface area (Å²) in [5.41, 5.74) is 2.68. The molecule has 0 aliphatic heterocycles. The van der Waals surface area contributed by atoms with Crippen molar-refractivity contribution in [1.29, 1.82) is 0 Å². The van der Waals surface area contributed by atoms with E-state index in [1.165, 1.54) is 12.1 Å². The second kappa shape index (κ2) is 7.60. The summed E-state index contributed by atoms with van der Waals surface area (Å²) in [6, 6.07) is 8.85. The van der Waals surface area contributed by atoms with Crippen molar-refractivity contribution < 1.29 is 26.6 Å². The zero-order valence-corrected chi connectivity index (χ0v) is 16.8. The number of nitrogens with zero attached hydrogens (tertiary/aromatic N) is 7. The van der Waals surface area contributed by atoms with Gasteiger partial charge in [-0.15, -0.1) is 15.6 Å². The second-order valence-corrected chi connectivity index (χ2v) is 7.51. The number of hydrogen-bond acceptors (Lipinski definition) is 5. The number of rotatable bonds is 6. The second-order valence-electron chi connectivity index (χ2n) is 7.51. The van der Waals surface area contributed by atoms with Gasteiger partial charge in [-0.25, -0.2) is 9.97 Å². The van der Waals surface area contributed by atoms with Gasteiger partial charge in [-0.2, -0.15) is 22.0 Å². The highest BCUT2D eigenvalue weighted by atomic mass is 19.4. The van der Waals surface area contributed by atoms with Crippen molar-refractivity contribution in [1.82, 2.24) is 29.3 Å². The Kier molecular flexibility index (Phi) is 4.83. The minimum absolute atomic E-state index is 0.351. The average Bonchev–Trinajstić information content (AvgIpc) is 3.29. The quantitative estimate of drug-likeness (QED) is 0.349. The molecule has 4 heterocycles. The highest BCUT2D eigenvalue weighted by Crippen LogP contribution is 2.43. The fourth-order valence-electron chi connectivity index (χ4n) is 3.24. The molecule has 33 heavy (non-hydrogen) atoms. The number of alkyl halides is 5. The first-order chi connectivity index (χ1) is 15.7. The van der Waals surface area contributed by atoms with Crippen LogP contribution in [-0.4, -0.2) is 35.5 Å². The van der Waals surface area contributed by atoms with Crippen molar-refractivity contribution in [3.05, 3.63) is 67.3 Å². The molecule has 4 aromatic heterocycles. The Morgan fingerprint density at radius 1 is 1.00 bits per heavy atom. The van der Waals surface area contributed by atoms with Crippen LogP contribution in [0.3, 0.4) is 0 Å². The summed E-state index contributed by atoms with van der Waals surface area (Å²) in [5, 5.41) is 8.13. The van der Waals surface area contributed by atoms with Crippen LogP contribution in [0.4, 0.5) is 27.8 Å². The minimum Gasteiger partial charge on any atom is -0.309 e. The van der Waals surface area contributed by atoms with Gasteiger partial charge in [0.2, 0.25) is 12.4 Å². The molecule has 0 spiro atoms. The molecular weight excluding hydrogens is 447 g/mol. The molecule has 0 atom stereocenters. The molecule has 1 N–H and O–H groups in total. The van der Waals surface area contributed by atoms with Gasteiger partial charge >= 0.3 is 12.1 Å². The van der Waals surface area contributed by atoms with Crippen LogP contribution in [0.25, 0.3) is 17.2 Å². The van der Waals surface area contributed by atoms with Crippen LogP contribution in [0.1, 0.15) is 24.6 Å². The first-order valence-electron chi connectivity index (χ1n) is 9.87. The van der Waals surface area contributed by atoms with Crippen molar-refractivity contribution >= 4 is 5.82 Å². The predicted octanol–water partition coefficient (Wildman–Crippen LogP) is 3.68. The smallest absolute Gasteiger partial charge is 0.309 e. The van der Waals surface area contributed by atoms with E-state index in [2.05, 4.69) is 25.6 Å². The molecule has 5 rings (SSSR count). The number of hydrogen-bond donors (Lipinski definition) is 1. The van der Waals surface area contributed by atoms with Crippen LogP contribution >= 0.6 is 0 Å². The molecule has 13 heteroatoms. The van der Waals surface area contributed by atoms with E-state index in [4.69, 9.17) is 0 Å². The average molecular weight is 463 g/mol. The first kappa shape index (κ1) is 21.0. The van der Waals surface area contributed by atoms with E-state index in [-0.39, 0.29) is 0 Å². The number of anilines is 1. The van der Waals surface area contributed by atoms with Crippen LogP contribution in [-0.2, 0) is 5.92 Å². The summed E-state index contributed by atoms with van der Waals surface area (Å²) in [7, 11) is 0. The number of halogens is 5. The van der Waals surface area contributed by atoms with Crippen LogP contribution < -0.4 is 10.1 Å². The third kappa shape index (κ3) is 4.01. The van der Waals surface area contributed by atoms with E-state index >= 15 is 0 Å². The molecule has 1 aliphatic rings. The van der Waals surface area contributed by atoms with Crippen molar-refractivity contribution in [2.45, 2.75) is 31.0 Å². The van der Waals surface area contributed by atoms with Gasteiger partial charge in [-0.3, -0.25) is 0 Å². The summed E-state index contributed by atoms with van der Waals surface area (Å²) in [6.45, 7) is 0. The molecule has 0 saturated heterocycles. The highest BCUT2D eigenvalue weighted by Gasteiger charge is 2.60. The Morgan fingerprint density at radius 2 is 1.76 bits per heavy atom. The van der Waals surface area contributed by atoms with Crippen molar-refractivity contribution in [2.24, 2.45) is 0 Å². The topological polar surface area (TPSA) is 77.3 Å². The predicted molar refractivity (Wildman–Crippen MR) is 104 cm³/mol. The monoisotopic (exact) mass is 463 g/mol. The van der Waals surface area contributed by atoms with Crippen LogP contribution in [0.15, 0.2) is 61.6 Å². The van der Waals surface area contributed by atoms with Crippen LogP contribution in [0, 0.1) is 0 Å². The largest absolute Gasteiger partial charge is 0.459 e. The fourth-order valence-corrected chi connectivity index (χ4v) is 3.24. The third-order valence-electron chi connectivity index (χ3n) is 5.11. The lowest BCUT2D eigenvalue weighted by Gasteiger charge is -2.16. The highest BCUT2D eigenvalue weighted by molar-refractivity contribution is 5.53. The molecule has 0 radical (unpaired) electrons. The summed E-state index contributed by atoms with van der Waals surface area (Å²) < 4.78 is 69.2. The minimum atomic E-state index is -5.72. The third-order valence-corrected chi connectivity index (χ3v) is 5.11. The molecule has 0 bridgehead atoms. The summed E-state index contributed by atoms with van der Waals surface area (Å²) in [6.07, 6.45) is 2.83. The summed E-state index contributed by atoms with van der Waals surface area (Å²) in [4.78, 5) is 7.78. The SMILES string of the molecule is FC(F)(F)C(F)(F)c1cn(-c2cc[n+](Nc3cccc(-c4nncn4C4CC4)n3)cc2)cn1. The molecule has 1 saturated carbocycles. The Balaban J connectivity index is 1.33. The van der Waals surface area contributed by atoms with Gasteiger partial charge in [0, 0.05) is 24.4 Å². The van der Waals surface area contributed by atoms with Gasteiger partial charge in [0.1, 0.15) is 17.7 Å². The molecule has 1 fully saturated rings. The molecule has 1 aliphatic carbocycles.